The van der Waals surface area contributed by atoms with Crippen LogP contribution in [0.15, 0.2) is 419 Å². The molecule has 0 radical (unpaired) electrons. The summed E-state index contributed by atoms with van der Waals surface area (Å²) in [6.07, 6.45) is 0. The van der Waals surface area contributed by atoms with E-state index in [1.54, 1.807) is 0 Å². The van der Waals surface area contributed by atoms with Gasteiger partial charge in [-0.15, -0.1) is 0 Å². The molecule has 5 heteroatoms. The van der Waals surface area contributed by atoms with Crippen molar-refractivity contribution in [3.63, 3.8) is 0 Å². The summed E-state index contributed by atoms with van der Waals surface area (Å²) in [5.74, 6) is -0.235. The fourth-order valence-corrected chi connectivity index (χ4v) is 18.7. The molecule has 0 saturated heterocycles. The van der Waals surface area contributed by atoms with Crippen molar-refractivity contribution in [2.75, 3.05) is 0 Å². The number of nitrogens with zero attached hydrogens (tertiary/aromatic N) is 4. The van der Waals surface area contributed by atoms with Gasteiger partial charge in [0.15, 0.2) is 0 Å². The molecule has 0 atom stereocenters. The Kier molecular flexibility index (Phi) is 15.2. The molecule has 20 aromatic carbocycles. The predicted molar refractivity (Wildman–Crippen MR) is 485 cm³/mol. The number of para-hydroxylation sites is 5. The van der Waals surface area contributed by atoms with Crippen molar-refractivity contribution >= 4 is 141 Å². The van der Waals surface area contributed by atoms with E-state index in [1.807, 2.05) is 12.1 Å². The molecular weight excluding hydrogens is 1400 g/mol. The molecule has 4 nitrogen and oxygen atoms in total. The number of halogens is 1. The largest absolute Gasteiger partial charge is 0.309 e. The van der Waals surface area contributed by atoms with Gasteiger partial charge in [0.25, 0.3) is 0 Å². The fourth-order valence-electron chi connectivity index (χ4n) is 18.7. The van der Waals surface area contributed by atoms with Crippen molar-refractivity contribution in [3.05, 3.63) is 424 Å². The first kappa shape index (κ1) is 65.7. The van der Waals surface area contributed by atoms with E-state index in [2.05, 4.69) is 413 Å². The third-order valence-corrected chi connectivity index (χ3v) is 24.1. The van der Waals surface area contributed by atoms with Gasteiger partial charge in [-0.25, -0.2) is 4.39 Å². The topological polar surface area (TPSA) is 19.7 Å². The zero-order valence-corrected chi connectivity index (χ0v) is 62.5. The number of fused-ring (bicyclic) bond motifs is 21. The van der Waals surface area contributed by atoms with Gasteiger partial charge in [0.1, 0.15) is 5.82 Å². The lowest BCUT2D eigenvalue weighted by atomic mass is 9.93. The Morgan fingerprint density at radius 3 is 0.800 bits per heavy atom. The maximum atomic E-state index is 13.8. The molecule has 0 amide bonds. The third-order valence-electron chi connectivity index (χ3n) is 24.1. The number of benzene rings is 20. The average Bonchev–Trinajstić information content (AvgIpc) is 1.72. The van der Waals surface area contributed by atoms with Crippen LogP contribution >= 0.6 is 0 Å². The van der Waals surface area contributed by atoms with Crippen LogP contribution in [0, 0.1) is 5.82 Å². The highest BCUT2D eigenvalue weighted by molar-refractivity contribution is 6.26. The summed E-state index contributed by atoms with van der Waals surface area (Å²) < 4.78 is 23.3. The van der Waals surface area contributed by atoms with Crippen LogP contribution in [0.1, 0.15) is 0 Å². The summed E-state index contributed by atoms with van der Waals surface area (Å²) in [4.78, 5) is 0. The maximum absolute atomic E-state index is 13.8. The quantitative estimate of drug-likeness (QED) is 0.128. The molecule has 4 aromatic heterocycles. The zero-order valence-electron chi connectivity index (χ0n) is 62.5. The summed E-state index contributed by atoms with van der Waals surface area (Å²) in [5.41, 5.74) is 25.9. The molecule has 0 fully saturated rings. The average molecular weight is 1470 g/mol. The van der Waals surface area contributed by atoms with Crippen LogP contribution in [-0.4, -0.2) is 18.3 Å². The van der Waals surface area contributed by atoms with Crippen LogP contribution in [0.2, 0.25) is 0 Å². The molecule has 0 saturated carbocycles. The summed E-state index contributed by atoms with van der Waals surface area (Å²) in [6.45, 7) is 0. The van der Waals surface area contributed by atoms with Crippen molar-refractivity contribution in [2.24, 2.45) is 0 Å². The first-order chi connectivity index (χ1) is 56.9. The first-order valence-electron chi connectivity index (χ1n) is 39.5. The van der Waals surface area contributed by atoms with Gasteiger partial charge in [-0.1, -0.05) is 279 Å². The van der Waals surface area contributed by atoms with E-state index in [0.717, 1.165) is 39.2 Å². The number of aromatic nitrogens is 4. The molecule has 24 aromatic rings. The molecule has 0 spiro atoms. The second-order valence-electron chi connectivity index (χ2n) is 30.4. The van der Waals surface area contributed by atoms with Crippen LogP contribution < -0.4 is 0 Å². The summed E-state index contributed by atoms with van der Waals surface area (Å²) in [7, 11) is 0. The van der Waals surface area contributed by atoms with E-state index < -0.39 is 0 Å². The lowest BCUT2D eigenvalue weighted by Gasteiger charge is -2.14. The van der Waals surface area contributed by atoms with Gasteiger partial charge < -0.3 is 18.3 Å². The molecule has 0 aliphatic heterocycles. The van der Waals surface area contributed by atoms with E-state index in [1.165, 1.54) is 192 Å². The zero-order chi connectivity index (χ0) is 75.8. The summed E-state index contributed by atoms with van der Waals surface area (Å²) >= 11 is 0. The van der Waals surface area contributed by atoms with Crippen molar-refractivity contribution in [1.82, 2.24) is 18.3 Å². The number of hydrogen-bond donors (Lipinski definition) is 0. The minimum absolute atomic E-state index is 0.235. The molecule has 0 bridgehead atoms. The third kappa shape index (κ3) is 10.7. The molecule has 0 aliphatic carbocycles. The number of hydrogen-bond acceptors (Lipinski definition) is 0. The van der Waals surface area contributed by atoms with Crippen LogP contribution in [0.25, 0.3) is 219 Å². The summed E-state index contributed by atoms with van der Waals surface area (Å²) in [6, 6.07) is 151. The Hall–Kier alpha value is -15.2. The highest BCUT2D eigenvalue weighted by Crippen LogP contribution is 2.45. The molecule has 4 heterocycles. The molecule has 115 heavy (non-hydrogen) atoms. The van der Waals surface area contributed by atoms with Gasteiger partial charge in [-0.3, -0.25) is 0 Å². The normalized spacial score (nSPS) is 11.9. The van der Waals surface area contributed by atoms with Gasteiger partial charge in [0.05, 0.1) is 44.1 Å². The highest BCUT2D eigenvalue weighted by Gasteiger charge is 2.21. The molecular formula is C110H69FN4. The monoisotopic (exact) mass is 1460 g/mol. The Bertz CT molecular complexity index is 8020. The Balaban J connectivity index is 0.000000136. The smallest absolute Gasteiger partial charge is 0.123 e. The lowest BCUT2D eigenvalue weighted by molar-refractivity contribution is 0.627. The van der Waals surface area contributed by atoms with Crippen LogP contribution in [0.5, 0.6) is 0 Å². The second-order valence-corrected chi connectivity index (χ2v) is 30.4. The maximum Gasteiger partial charge on any atom is 0.123 e. The Morgan fingerprint density at radius 1 is 0.139 bits per heavy atom. The minimum Gasteiger partial charge on any atom is -0.309 e. The van der Waals surface area contributed by atoms with Gasteiger partial charge in [0.2, 0.25) is 0 Å². The lowest BCUT2D eigenvalue weighted by Crippen LogP contribution is -1.94. The van der Waals surface area contributed by atoms with E-state index in [9.17, 15) is 4.39 Å². The Labute approximate surface area is 662 Å². The van der Waals surface area contributed by atoms with Crippen molar-refractivity contribution in [2.45, 2.75) is 0 Å². The molecule has 24 rings (SSSR count). The van der Waals surface area contributed by atoms with Crippen molar-refractivity contribution < 1.29 is 4.39 Å². The van der Waals surface area contributed by atoms with Crippen LogP contribution in [-0.2, 0) is 0 Å². The van der Waals surface area contributed by atoms with Gasteiger partial charge in [-0.2, -0.15) is 0 Å². The predicted octanol–water partition coefficient (Wildman–Crippen LogP) is 30.0. The van der Waals surface area contributed by atoms with E-state index in [4.69, 9.17) is 0 Å². The SMILES string of the molecule is Fc1ccc(-n2c3ccccc3c3cc(-c4ccc(-c5ccc6c(c5)c5ccccc5n6-c5ccc6c7ccccc7c7ccccc7c6c5)cc4)ccc32)cc1.c1ccc(-n2c3ccccc3c3cc(-c4ccc(-c5ccc6c(c5)c5ccccc5n6-c5ccc(-c6cc7ccccc7c7ccccc67)cc5)cc4)ccc32)cc1. The Morgan fingerprint density at radius 2 is 0.400 bits per heavy atom. The van der Waals surface area contributed by atoms with Crippen molar-refractivity contribution in [1.29, 1.82) is 0 Å². The van der Waals surface area contributed by atoms with Crippen LogP contribution in [0.3, 0.4) is 0 Å². The molecule has 536 valence electrons. The van der Waals surface area contributed by atoms with E-state index in [-0.39, 0.29) is 5.82 Å². The standard InChI is InChI=1S/C56H36N2.C54H33FN2/c1-2-13-43(14-3-1)57-53-20-10-8-18-48(53)51-34-40(28-32-55(51)57)37-22-24-38(25-23-37)41-29-33-56-52(35-41)49-19-9-11-21-54(49)58(56)44-30-26-39(27-31-44)50-36-42-12-4-5-15-45(42)46-16-6-7-17-47(46)50;55-38-23-25-39(26-24-38)56-51-15-7-5-13-46(51)49-31-36(21-29-53(49)56)34-17-19-35(20-18-34)37-22-30-54-50(32-37)47-14-6-8-16-52(47)57(54)40-27-28-45-43-11-2-1-9-41(43)42-10-3-4-12-44(42)48(45)33-40/h1-36H;1-33H. The molecule has 0 aliphatic rings. The second kappa shape index (κ2) is 26.5. The first-order valence-corrected chi connectivity index (χ1v) is 39.5. The van der Waals surface area contributed by atoms with E-state index >= 15 is 0 Å². The molecule has 0 N–H and O–H groups in total. The highest BCUT2D eigenvalue weighted by atomic mass is 19.1. The van der Waals surface area contributed by atoms with Gasteiger partial charge in [0, 0.05) is 65.8 Å². The van der Waals surface area contributed by atoms with E-state index in [0.29, 0.717) is 0 Å². The van der Waals surface area contributed by atoms with Gasteiger partial charge in [-0.05, 0) is 249 Å². The van der Waals surface area contributed by atoms with Crippen LogP contribution in [0.4, 0.5) is 4.39 Å². The van der Waals surface area contributed by atoms with Crippen molar-refractivity contribution in [3.8, 4) is 78.4 Å². The summed E-state index contributed by atoms with van der Waals surface area (Å²) in [5, 5.41) is 22.6. The number of rotatable bonds is 9. The van der Waals surface area contributed by atoms with Gasteiger partial charge >= 0.3 is 0 Å². The fraction of sp³-hybridized carbons (Fsp3) is 0. The minimum atomic E-state index is -0.235. The molecule has 0 unspecified atom stereocenters.